The Morgan fingerprint density at radius 2 is 1.81 bits per heavy atom. The molecule has 3 rings (SSSR count). The van der Waals surface area contributed by atoms with Crippen LogP contribution in [0.3, 0.4) is 0 Å². The molecule has 7 heteroatoms. The molecule has 0 aliphatic carbocycles. The highest BCUT2D eigenvalue weighted by atomic mass is 32.1. The molecule has 6 nitrogen and oxygen atoms in total. The molecular weight excluding hydrogens is 362 g/mol. The van der Waals surface area contributed by atoms with Gasteiger partial charge >= 0.3 is 0 Å². The number of hydrogen-bond donors (Lipinski definition) is 2. The van der Waals surface area contributed by atoms with Crippen molar-refractivity contribution in [3.63, 3.8) is 0 Å². The summed E-state index contributed by atoms with van der Waals surface area (Å²) in [4.78, 5) is 29.6. The topological polar surface area (TPSA) is 80.3 Å². The lowest BCUT2D eigenvalue weighted by Gasteiger charge is -2.05. The number of hydrogen-bond acceptors (Lipinski definition) is 5. The average Bonchev–Trinajstić information content (AvgIpc) is 3.03. The maximum Gasteiger partial charge on any atom is 0.267 e. The van der Waals surface area contributed by atoms with Crippen LogP contribution in [0.25, 0.3) is 0 Å². The lowest BCUT2D eigenvalue weighted by Crippen LogP contribution is -2.11. The predicted octanol–water partition coefficient (Wildman–Crippen LogP) is 4.35. The highest BCUT2D eigenvalue weighted by Crippen LogP contribution is 2.24. The van der Waals surface area contributed by atoms with Crippen molar-refractivity contribution in [2.75, 3.05) is 17.2 Å². The van der Waals surface area contributed by atoms with Crippen LogP contribution in [0.2, 0.25) is 0 Å². The van der Waals surface area contributed by atoms with Gasteiger partial charge in [-0.25, -0.2) is 4.98 Å². The fourth-order valence-corrected chi connectivity index (χ4v) is 3.29. The van der Waals surface area contributed by atoms with Gasteiger partial charge < -0.3 is 10.1 Å². The molecule has 0 aliphatic heterocycles. The molecule has 1 heterocycles. The van der Waals surface area contributed by atoms with Gasteiger partial charge in [0, 0.05) is 11.3 Å². The number of nitrogens with zero attached hydrogens (tertiary/aromatic N) is 1. The molecule has 0 unspecified atom stereocenters. The van der Waals surface area contributed by atoms with Crippen LogP contribution in [-0.4, -0.2) is 23.4 Å². The van der Waals surface area contributed by atoms with Crippen LogP contribution in [0.4, 0.5) is 10.8 Å². The number of rotatable bonds is 6. The van der Waals surface area contributed by atoms with Crippen LogP contribution in [0.15, 0.2) is 54.6 Å². The number of ether oxygens (including phenoxy) is 1. The van der Waals surface area contributed by atoms with Crippen molar-refractivity contribution < 1.29 is 14.3 Å². The van der Waals surface area contributed by atoms with E-state index in [1.165, 1.54) is 0 Å². The van der Waals surface area contributed by atoms with Crippen molar-refractivity contribution in [1.82, 2.24) is 4.98 Å². The smallest absolute Gasteiger partial charge is 0.267 e. The van der Waals surface area contributed by atoms with Crippen molar-refractivity contribution >= 4 is 34.0 Å². The van der Waals surface area contributed by atoms with E-state index in [9.17, 15) is 9.59 Å². The number of para-hydroxylation sites is 1. The van der Waals surface area contributed by atoms with Gasteiger partial charge in [0.15, 0.2) is 5.13 Å². The zero-order valence-electron chi connectivity index (χ0n) is 15.0. The van der Waals surface area contributed by atoms with Crippen LogP contribution in [0, 0.1) is 6.92 Å². The number of nitrogens with one attached hydrogen (secondary N) is 2. The first-order valence-corrected chi connectivity index (χ1v) is 9.26. The number of benzene rings is 2. The fourth-order valence-electron chi connectivity index (χ4n) is 2.43. The summed E-state index contributed by atoms with van der Waals surface area (Å²) in [5.74, 6) is 0.0683. The minimum absolute atomic E-state index is 0.255. The summed E-state index contributed by atoms with van der Waals surface area (Å²) in [5.41, 5.74) is 1.73. The quantitative estimate of drug-likeness (QED) is 0.665. The van der Waals surface area contributed by atoms with Crippen LogP contribution >= 0.6 is 11.3 Å². The van der Waals surface area contributed by atoms with Crippen molar-refractivity contribution in [3.8, 4) is 5.75 Å². The van der Waals surface area contributed by atoms with E-state index in [1.54, 1.807) is 31.2 Å². The van der Waals surface area contributed by atoms with E-state index >= 15 is 0 Å². The largest absolute Gasteiger partial charge is 0.494 e. The summed E-state index contributed by atoms with van der Waals surface area (Å²) < 4.78 is 5.41. The molecule has 0 radical (unpaired) electrons. The number of aryl methyl sites for hydroxylation is 1. The number of carbonyl (C=O) groups is 2. The van der Waals surface area contributed by atoms with Crippen molar-refractivity contribution in [2.45, 2.75) is 13.8 Å². The summed E-state index contributed by atoms with van der Waals surface area (Å²) in [6.07, 6.45) is 0. The van der Waals surface area contributed by atoms with Crippen LogP contribution in [0.1, 0.15) is 32.6 Å². The van der Waals surface area contributed by atoms with Crippen LogP contribution in [0.5, 0.6) is 5.75 Å². The fraction of sp³-hybridized carbons (Fsp3) is 0.150. The van der Waals surface area contributed by atoms with E-state index < -0.39 is 0 Å². The predicted molar refractivity (Wildman–Crippen MR) is 107 cm³/mol. The first-order valence-electron chi connectivity index (χ1n) is 8.45. The standard InChI is InChI=1S/C20H19N3O3S/c1-3-26-16-11-7-8-14(12-16)18(24)23-20-21-13(2)17(27-20)19(25)22-15-9-5-4-6-10-15/h4-12H,3H2,1-2H3,(H,22,25)(H,21,23,24). The van der Waals surface area contributed by atoms with Crippen molar-refractivity contribution in [2.24, 2.45) is 0 Å². The van der Waals surface area contributed by atoms with Gasteiger partial charge in [0.2, 0.25) is 0 Å². The van der Waals surface area contributed by atoms with Gasteiger partial charge in [-0.15, -0.1) is 0 Å². The zero-order chi connectivity index (χ0) is 19.2. The molecule has 2 N–H and O–H groups in total. The van der Waals surface area contributed by atoms with Gasteiger partial charge in [0.05, 0.1) is 12.3 Å². The molecule has 0 saturated carbocycles. The Hall–Kier alpha value is -3.19. The third kappa shape index (κ3) is 4.71. The van der Waals surface area contributed by atoms with Crippen molar-refractivity contribution in [3.05, 3.63) is 70.7 Å². The van der Waals surface area contributed by atoms with E-state index in [4.69, 9.17) is 4.74 Å². The number of carbonyl (C=O) groups excluding carboxylic acids is 2. The molecule has 1 aromatic heterocycles. The molecule has 0 fully saturated rings. The Kier molecular flexibility index (Phi) is 5.83. The number of amides is 2. The second kappa shape index (κ2) is 8.46. The van der Waals surface area contributed by atoms with Gasteiger partial charge in [-0.2, -0.15) is 0 Å². The van der Waals surface area contributed by atoms with Gasteiger partial charge in [-0.1, -0.05) is 35.6 Å². The summed E-state index contributed by atoms with van der Waals surface area (Å²) in [7, 11) is 0. The Labute approximate surface area is 161 Å². The Balaban J connectivity index is 1.71. The molecule has 3 aromatic rings. The molecule has 27 heavy (non-hydrogen) atoms. The summed E-state index contributed by atoms with van der Waals surface area (Å²) >= 11 is 1.14. The molecular formula is C20H19N3O3S. The third-order valence-corrected chi connectivity index (χ3v) is 4.73. The van der Waals surface area contributed by atoms with Crippen LogP contribution < -0.4 is 15.4 Å². The maximum absolute atomic E-state index is 12.5. The van der Waals surface area contributed by atoms with Crippen molar-refractivity contribution in [1.29, 1.82) is 0 Å². The van der Waals surface area contributed by atoms with Gasteiger partial charge in [0.25, 0.3) is 11.8 Å². The first kappa shape index (κ1) is 18.6. The van der Waals surface area contributed by atoms with E-state index in [-0.39, 0.29) is 11.8 Å². The Morgan fingerprint density at radius 3 is 2.56 bits per heavy atom. The van der Waals surface area contributed by atoms with Gasteiger partial charge in [0.1, 0.15) is 10.6 Å². The maximum atomic E-state index is 12.5. The minimum atomic E-state index is -0.305. The van der Waals surface area contributed by atoms with Gasteiger partial charge in [-0.05, 0) is 44.2 Å². The third-order valence-electron chi connectivity index (χ3n) is 3.66. The van der Waals surface area contributed by atoms with E-state index in [0.717, 1.165) is 11.3 Å². The van der Waals surface area contributed by atoms with Crippen LogP contribution in [-0.2, 0) is 0 Å². The number of thiazole rings is 1. The monoisotopic (exact) mass is 381 g/mol. The van der Waals surface area contributed by atoms with E-state index in [2.05, 4.69) is 15.6 Å². The second-order valence-corrected chi connectivity index (χ2v) is 6.67. The number of aromatic nitrogens is 1. The zero-order valence-corrected chi connectivity index (χ0v) is 15.8. The Bertz CT molecular complexity index is 954. The molecule has 0 bridgehead atoms. The molecule has 0 spiro atoms. The first-order chi connectivity index (χ1) is 13.1. The Morgan fingerprint density at radius 1 is 1.04 bits per heavy atom. The molecule has 0 aliphatic rings. The molecule has 0 atom stereocenters. The van der Waals surface area contributed by atoms with E-state index in [0.29, 0.717) is 39.3 Å². The molecule has 2 amide bonds. The molecule has 0 saturated heterocycles. The highest BCUT2D eigenvalue weighted by molar-refractivity contribution is 7.17. The lowest BCUT2D eigenvalue weighted by molar-refractivity contribution is 0.101. The molecule has 2 aromatic carbocycles. The summed E-state index contributed by atoms with van der Waals surface area (Å²) in [6, 6.07) is 16.1. The normalized spacial score (nSPS) is 10.3. The highest BCUT2D eigenvalue weighted by Gasteiger charge is 2.17. The van der Waals surface area contributed by atoms with E-state index in [1.807, 2.05) is 37.3 Å². The number of anilines is 2. The summed E-state index contributed by atoms with van der Waals surface area (Å²) in [6.45, 7) is 4.14. The van der Waals surface area contributed by atoms with Gasteiger partial charge in [-0.3, -0.25) is 14.9 Å². The second-order valence-electron chi connectivity index (χ2n) is 5.67. The minimum Gasteiger partial charge on any atom is -0.494 e. The lowest BCUT2D eigenvalue weighted by atomic mass is 10.2. The SMILES string of the molecule is CCOc1cccc(C(=O)Nc2nc(C)c(C(=O)Nc3ccccc3)s2)c1. The average molecular weight is 381 g/mol. The molecule has 138 valence electrons. The summed E-state index contributed by atoms with van der Waals surface area (Å²) in [5, 5.41) is 5.93.